The second-order valence-corrected chi connectivity index (χ2v) is 4.38. The van der Waals surface area contributed by atoms with Crippen LogP contribution < -0.4 is 0 Å². The van der Waals surface area contributed by atoms with Crippen LogP contribution in [0.15, 0.2) is 0 Å². The first kappa shape index (κ1) is 13.0. The Morgan fingerprint density at radius 2 is 1.77 bits per heavy atom. The van der Waals surface area contributed by atoms with E-state index >= 15 is 0 Å². The number of carbonyl (C=O) groups excluding carboxylic acids is 1. The minimum absolute atomic E-state index is 0.0386. The lowest BCUT2D eigenvalue weighted by atomic mass is 10.0. The Bertz CT molecular complexity index is 168. The molecule has 0 aliphatic carbocycles. The Kier molecular flexibility index (Phi) is 5.65. The number of hydrogen-bond donors (Lipinski definition) is 1. The highest BCUT2D eigenvalue weighted by Crippen LogP contribution is 2.10. The fraction of sp³-hybridized carbons (Fsp3) is 0.900. The number of thiol groups is 1. The first-order valence-electron chi connectivity index (χ1n) is 4.78. The summed E-state index contributed by atoms with van der Waals surface area (Å²) in [6.45, 7) is 8.05. The van der Waals surface area contributed by atoms with Gasteiger partial charge in [-0.25, -0.2) is 0 Å². The molecule has 0 aromatic heterocycles. The lowest BCUT2D eigenvalue weighted by Gasteiger charge is -2.30. The predicted molar refractivity (Wildman–Crippen MR) is 60.4 cm³/mol. The number of likely N-dealkylation sites (N-methyl/N-ethyl adjacent to an activating group) is 1. The monoisotopic (exact) mass is 203 g/mol. The van der Waals surface area contributed by atoms with Gasteiger partial charge in [0.25, 0.3) is 0 Å². The van der Waals surface area contributed by atoms with Gasteiger partial charge < -0.3 is 0 Å². The summed E-state index contributed by atoms with van der Waals surface area (Å²) in [6.07, 6.45) is 0. The standard InChI is InChI=1S/C10H21NOS/c1-7(2)10(12)9(6-13)11(5)8(3)4/h7-9,13H,6H2,1-5H3. The summed E-state index contributed by atoms with van der Waals surface area (Å²) < 4.78 is 0. The van der Waals surface area contributed by atoms with E-state index in [-0.39, 0.29) is 17.7 Å². The van der Waals surface area contributed by atoms with Crippen LogP contribution in [-0.2, 0) is 4.79 Å². The molecule has 0 radical (unpaired) electrons. The molecule has 0 aliphatic rings. The highest BCUT2D eigenvalue weighted by molar-refractivity contribution is 7.80. The molecule has 13 heavy (non-hydrogen) atoms. The molecule has 0 amide bonds. The Morgan fingerprint density at radius 1 is 1.31 bits per heavy atom. The van der Waals surface area contributed by atoms with E-state index in [0.29, 0.717) is 11.8 Å². The average Bonchev–Trinajstić information content (AvgIpc) is 2.04. The summed E-state index contributed by atoms with van der Waals surface area (Å²) in [5, 5.41) is 0. The third kappa shape index (κ3) is 3.69. The van der Waals surface area contributed by atoms with Crippen molar-refractivity contribution in [2.24, 2.45) is 5.92 Å². The van der Waals surface area contributed by atoms with E-state index in [1.807, 2.05) is 20.9 Å². The Morgan fingerprint density at radius 3 is 2.00 bits per heavy atom. The zero-order chi connectivity index (χ0) is 10.6. The molecular formula is C10H21NOS. The van der Waals surface area contributed by atoms with Gasteiger partial charge in [0, 0.05) is 17.7 Å². The number of carbonyl (C=O) groups is 1. The minimum Gasteiger partial charge on any atom is -0.298 e. The number of nitrogens with zero attached hydrogens (tertiary/aromatic N) is 1. The molecule has 0 bridgehead atoms. The van der Waals surface area contributed by atoms with Crippen LogP contribution in [0.25, 0.3) is 0 Å². The number of rotatable bonds is 5. The van der Waals surface area contributed by atoms with E-state index in [4.69, 9.17) is 0 Å². The van der Waals surface area contributed by atoms with Crippen LogP contribution in [-0.4, -0.2) is 35.6 Å². The summed E-state index contributed by atoms with van der Waals surface area (Å²) >= 11 is 4.22. The van der Waals surface area contributed by atoms with E-state index in [1.54, 1.807) is 0 Å². The third-order valence-electron chi connectivity index (χ3n) is 2.38. The van der Waals surface area contributed by atoms with Crippen molar-refractivity contribution >= 4 is 18.4 Å². The molecule has 0 aliphatic heterocycles. The first-order valence-corrected chi connectivity index (χ1v) is 5.41. The lowest BCUT2D eigenvalue weighted by Crippen LogP contribution is -2.45. The molecule has 0 N–H and O–H groups in total. The molecule has 0 rings (SSSR count). The summed E-state index contributed by atoms with van der Waals surface area (Å²) in [6, 6.07) is 0.350. The maximum absolute atomic E-state index is 11.7. The zero-order valence-electron chi connectivity index (χ0n) is 9.24. The van der Waals surface area contributed by atoms with Crippen LogP contribution >= 0.6 is 12.6 Å². The van der Waals surface area contributed by atoms with Gasteiger partial charge in [0.2, 0.25) is 0 Å². The fourth-order valence-corrected chi connectivity index (χ4v) is 1.60. The minimum atomic E-state index is -0.0386. The van der Waals surface area contributed by atoms with Gasteiger partial charge in [-0.2, -0.15) is 12.6 Å². The summed E-state index contributed by atoms with van der Waals surface area (Å²) in [7, 11) is 1.98. The topological polar surface area (TPSA) is 20.3 Å². The highest BCUT2D eigenvalue weighted by Gasteiger charge is 2.25. The van der Waals surface area contributed by atoms with Gasteiger partial charge >= 0.3 is 0 Å². The van der Waals surface area contributed by atoms with Gasteiger partial charge in [-0.15, -0.1) is 0 Å². The van der Waals surface area contributed by atoms with Crippen molar-refractivity contribution in [3.8, 4) is 0 Å². The van der Waals surface area contributed by atoms with Crippen molar-refractivity contribution < 1.29 is 4.79 Å². The van der Waals surface area contributed by atoms with Crippen molar-refractivity contribution in [3.05, 3.63) is 0 Å². The van der Waals surface area contributed by atoms with Crippen LogP contribution in [0.2, 0.25) is 0 Å². The van der Waals surface area contributed by atoms with Gasteiger partial charge in [-0.3, -0.25) is 9.69 Å². The van der Waals surface area contributed by atoms with Crippen molar-refractivity contribution in [2.75, 3.05) is 12.8 Å². The SMILES string of the molecule is CC(C)C(=O)C(CS)N(C)C(C)C. The maximum atomic E-state index is 11.7. The molecule has 0 saturated heterocycles. The Balaban J connectivity index is 4.41. The van der Waals surface area contributed by atoms with E-state index in [2.05, 4.69) is 31.4 Å². The van der Waals surface area contributed by atoms with Gasteiger partial charge in [0.1, 0.15) is 0 Å². The van der Waals surface area contributed by atoms with Crippen molar-refractivity contribution in [1.82, 2.24) is 4.90 Å². The van der Waals surface area contributed by atoms with E-state index in [0.717, 1.165) is 0 Å². The molecule has 0 heterocycles. The highest BCUT2D eigenvalue weighted by atomic mass is 32.1. The van der Waals surface area contributed by atoms with Gasteiger partial charge in [-0.05, 0) is 20.9 Å². The molecule has 0 aromatic carbocycles. The van der Waals surface area contributed by atoms with E-state index < -0.39 is 0 Å². The largest absolute Gasteiger partial charge is 0.298 e. The van der Waals surface area contributed by atoms with E-state index in [1.165, 1.54) is 0 Å². The second kappa shape index (κ2) is 5.66. The van der Waals surface area contributed by atoms with Gasteiger partial charge in [0.05, 0.1) is 6.04 Å². The van der Waals surface area contributed by atoms with Crippen LogP contribution in [0.1, 0.15) is 27.7 Å². The smallest absolute Gasteiger partial charge is 0.153 e. The average molecular weight is 203 g/mol. The molecule has 1 unspecified atom stereocenters. The number of Topliss-reactive ketones (excluding diaryl/α,β-unsaturated/α-hetero) is 1. The van der Waals surface area contributed by atoms with Crippen molar-refractivity contribution in [3.63, 3.8) is 0 Å². The molecule has 0 aromatic rings. The Hall–Kier alpha value is -0.0200. The Labute approximate surface area is 87.1 Å². The maximum Gasteiger partial charge on any atom is 0.153 e. The van der Waals surface area contributed by atoms with Crippen LogP contribution in [0.5, 0.6) is 0 Å². The third-order valence-corrected chi connectivity index (χ3v) is 2.72. The molecular weight excluding hydrogens is 182 g/mol. The molecule has 0 fully saturated rings. The lowest BCUT2D eigenvalue weighted by molar-refractivity contribution is -0.126. The zero-order valence-corrected chi connectivity index (χ0v) is 10.1. The van der Waals surface area contributed by atoms with Crippen molar-refractivity contribution in [2.45, 2.75) is 39.8 Å². The fourth-order valence-electron chi connectivity index (χ4n) is 1.16. The molecule has 0 spiro atoms. The summed E-state index contributed by atoms with van der Waals surface area (Å²) in [4.78, 5) is 13.8. The normalized spacial score (nSPS) is 14.2. The predicted octanol–water partition coefficient (Wildman–Crippen LogP) is 1.85. The summed E-state index contributed by atoms with van der Waals surface area (Å²) in [5.41, 5.74) is 0. The van der Waals surface area contributed by atoms with Gasteiger partial charge in [0.15, 0.2) is 5.78 Å². The van der Waals surface area contributed by atoms with Gasteiger partial charge in [-0.1, -0.05) is 13.8 Å². The molecule has 78 valence electrons. The molecule has 3 heteroatoms. The second-order valence-electron chi connectivity index (χ2n) is 4.01. The van der Waals surface area contributed by atoms with Crippen LogP contribution in [0, 0.1) is 5.92 Å². The quantitative estimate of drug-likeness (QED) is 0.688. The summed E-state index contributed by atoms with van der Waals surface area (Å²) in [5.74, 6) is 0.982. The molecule has 2 nitrogen and oxygen atoms in total. The molecule has 1 atom stereocenters. The molecule has 0 saturated carbocycles. The number of ketones is 1. The van der Waals surface area contributed by atoms with Crippen molar-refractivity contribution in [1.29, 1.82) is 0 Å². The first-order chi connectivity index (χ1) is 5.91. The van der Waals surface area contributed by atoms with Crippen LogP contribution in [0.4, 0.5) is 0 Å². The van der Waals surface area contributed by atoms with Crippen LogP contribution in [0.3, 0.4) is 0 Å². The number of hydrogen-bond acceptors (Lipinski definition) is 3. The van der Waals surface area contributed by atoms with E-state index in [9.17, 15) is 4.79 Å².